The first-order valence-electron chi connectivity index (χ1n) is 6.25. The maximum absolute atomic E-state index is 12.2. The normalized spacial score (nSPS) is 11.9. The molecule has 5 heteroatoms. The number of halogens is 2. The summed E-state index contributed by atoms with van der Waals surface area (Å²) >= 11 is 6.10. The van der Waals surface area contributed by atoms with E-state index in [0.29, 0.717) is 18.1 Å². The SMILES string of the molecule is CCN(Cc1ccccc1Cl)C(=O)C(N)C(C)C.Cl. The number of carbonyl (C=O) groups is 1. The number of carbonyl (C=O) groups excluding carboxylic acids is 1. The Hall–Kier alpha value is -0.770. The number of amides is 1. The summed E-state index contributed by atoms with van der Waals surface area (Å²) in [5, 5.41) is 0.682. The molecule has 0 aliphatic heterocycles. The van der Waals surface area contributed by atoms with Crippen LogP contribution in [0.15, 0.2) is 24.3 Å². The minimum atomic E-state index is -0.451. The fraction of sp³-hybridized carbons (Fsp3) is 0.500. The molecule has 0 fully saturated rings. The van der Waals surface area contributed by atoms with Crippen LogP contribution >= 0.6 is 24.0 Å². The molecule has 0 aromatic heterocycles. The van der Waals surface area contributed by atoms with Crippen molar-refractivity contribution in [3.8, 4) is 0 Å². The third kappa shape index (κ3) is 5.01. The van der Waals surface area contributed by atoms with E-state index in [4.69, 9.17) is 17.3 Å². The summed E-state index contributed by atoms with van der Waals surface area (Å²) in [6.45, 7) is 6.99. The molecule has 1 rings (SSSR count). The summed E-state index contributed by atoms with van der Waals surface area (Å²) in [5.41, 5.74) is 6.85. The van der Waals surface area contributed by atoms with E-state index < -0.39 is 6.04 Å². The Labute approximate surface area is 126 Å². The Balaban J connectivity index is 0.00000324. The molecule has 1 aromatic rings. The molecule has 1 unspecified atom stereocenters. The Morgan fingerprint density at radius 2 is 1.95 bits per heavy atom. The summed E-state index contributed by atoms with van der Waals surface area (Å²) in [6.07, 6.45) is 0. The zero-order chi connectivity index (χ0) is 13.7. The number of nitrogens with two attached hydrogens (primary N) is 1. The van der Waals surface area contributed by atoms with Gasteiger partial charge in [-0.1, -0.05) is 43.6 Å². The molecule has 0 aliphatic rings. The van der Waals surface area contributed by atoms with Crippen LogP contribution in [-0.4, -0.2) is 23.4 Å². The van der Waals surface area contributed by atoms with Gasteiger partial charge in [0.2, 0.25) is 5.91 Å². The molecule has 0 heterocycles. The van der Waals surface area contributed by atoms with Crippen molar-refractivity contribution in [2.45, 2.75) is 33.4 Å². The van der Waals surface area contributed by atoms with Crippen molar-refractivity contribution < 1.29 is 4.79 Å². The number of benzene rings is 1. The average Bonchev–Trinajstić information content (AvgIpc) is 2.36. The monoisotopic (exact) mass is 304 g/mol. The van der Waals surface area contributed by atoms with Crippen molar-refractivity contribution in [3.05, 3.63) is 34.9 Å². The third-order valence-corrected chi connectivity index (χ3v) is 3.38. The second kappa shape index (κ2) is 8.41. The van der Waals surface area contributed by atoms with Crippen molar-refractivity contribution in [1.82, 2.24) is 4.90 Å². The van der Waals surface area contributed by atoms with Gasteiger partial charge in [-0.3, -0.25) is 4.79 Å². The predicted molar refractivity (Wildman–Crippen MR) is 82.6 cm³/mol. The first-order chi connectivity index (χ1) is 8.47. The van der Waals surface area contributed by atoms with Crippen LogP contribution < -0.4 is 5.73 Å². The molecule has 0 spiro atoms. The molecule has 0 saturated heterocycles. The number of hydrogen-bond acceptors (Lipinski definition) is 2. The molecular formula is C14H22Cl2N2O. The highest BCUT2D eigenvalue weighted by molar-refractivity contribution is 6.31. The summed E-state index contributed by atoms with van der Waals surface area (Å²) in [7, 11) is 0. The second-order valence-electron chi connectivity index (χ2n) is 4.71. The number of rotatable bonds is 5. The third-order valence-electron chi connectivity index (χ3n) is 3.02. The van der Waals surface area contributed by atoms with E-state index in [9.17, 15) is 4.79 Å². The molecule has 0 aliphatic carbocycles. The van der Waals surface area contributed by atoms with Crippen LogP contribution in [0.3, 0.4) is 0 Å². The summed E-state index contributed by atoms with van der Waals surface area (Å²) < 4.78 is 0. The Morgan fingerprint density at radius 3 is 2.42 bits per heavy atom. The zero-order valence-electron chi connectivity index (χ0n) is 11.6. The van der Waals surface area contributed by atoms with Gasteiger partial charge < -0.3 is 10.6 Å². The van der Waals surface area contributed by atoms with E-state index in [1.165, 1.54) is 0 Å². The minimum absolute atomic E-state index is 0. The molecule has 1 aromatic carbocycles. The van der Waals surface area contributed by atoms with Gasteiger partial charge in [0.25, 0.3) is 0 Å². The number of likely N-dealkylation sites (N-methyl/N-ethyl adjacent to an activating group) is 1. The lowest BCUT2D eigenvalue weighted by molar-refractivity contribution is -0.134. The highest BCUT2D eigenvalue weighted by Gasteiger charge is 2.22. The highest BCUT2D eigenvalue weighted by atomic mass is 35.5. The lowest BCUT2D eigenvalue weighted by Gasteiger charge is -2.26. The predicted octanol–water partition coefficient (Wildman–Crippen LogP) is 3.09. The van der Waals surface area contributed by atoms with Crippen LogP contribution in [0.25, 0.3) is 0 Å². The van der Waals surface area contributed by atoms with Crippen LogP contribution in [0.5, 0.6) is 0 Å². The maximum Gasteiger partial charge on any atom is 0.240 e. The van der Waals surface area contributed by atoms with Gasteiger partial charge in [-0.2, -0.15) is 0 Å². The van der Waals surface area contributed by atoms with Crippen molar-refractivity contribution >= 4 is 29.9 Å². The fourth-order valence-electron chi connectivity index (χ4n) is 1.67. The van der Waals surface area contributed by atoms with Gasteiger partial charge in [0.1, 0.15) is 0 Å². The smallest absolute Gasteiger partial charge is 0.240 e. The van der Waals surface area contributed by atoms with Gasteiger partial charge in [0.05, 0.1) is 6.04 Å². The first kappa shape index (κ1) is 18.2. The van der Waals surface area contributed by atoms with Crippen LogP contribution in [-0.2, 0) is 11.3 Å². The molecule has 0 radical (unpaired) electrons. The Morgan fingerprint density at radius 1 is 1.37 bits per heavy atom. The van der Waals surface area contributed by atoms with E-state index in [0.717, 1.165) is 5.56 Å². The summed E-state index contributed by atoms with van der Waals surface area (Å²) in [5.74, 6) is 0.116. The zero-order valence-corrected chi connectivity index (χ0v) is 13.2. The summed E-state index contributed by atoms with van der Waals surface area (Å²) in [4.78, 5) is 13.9. The van der Waals surface area contributed by atoms with Gasteiger partial charge in [-0.15, -0.1) is 12.4 Å². The Kier molecular flexibility index (Phi) is 8.07. The number of hydrogen-bond donors (Lipinski definition) is 1. The lowest BCUT2D eigenvalue weighted by atomic mass is 10.0. The van der Waals surface area contributed by atoms with Crippen LogP contribution in [0.1, 0.15) is 26.3 Å². The fourth-order valence-corrected chi connectivity index (χ4v) is 1.87. The van der Waals surface area contributed by atoms with Crippen molar-refractivity contribution in [1.29, 1.82) is 0 Å². The molecular weight excluding hydrogens is 283 g/mol. The van der Waals surface area contributed by atoms with Crippen molar-refractivity contribution in [2.75, 3.05) is 6.54 Å². The van der Waals surface area contributed by atoms with Crippen molar-refractivity contribution in [2.24, 2.45) is 11.7 Å². The molecule has 3 nitrogen and oxygen atoms in total. The van der Waals surface area contributed by atoms with Gasteiger partial charge in [-0.25, -0.2) is 0 Å². The van der Waals surface area contributed by atoms with E-state index in [1.807, 2.05) is 45.0 Å². The summed E-state index contributed by atoms with van der Waals surface area (Å²) in [6, 6.07) is 7.11. The highest BCUT2D eigenvalue weighted by Crippen LogP contribution is 2.17. The minimum Gasteiger partial charge on any atom is -0.337 e. The van der Waals surface area contributed by atoms with Crippen LogP contribution in [0.2, 0.25) is 5.02 Å². The molecule has 1 atom stereocenters. The number of nitrogens with zero attached hydrogens (tertiary/aromatic N) is 1. The van der Waals surface area contributed by atoms with E-state index in [2.05, 4.69) is 0 Å². The quantitative estimate of drug-likeness (QED) is 0.908. The van der Waals surface area contributed by atoms with Gasteiger partial charge in [-0.05, 0) is 24.5 Å². The first-order valence-corrected chi connectivity index (χ1v) is 6.63. The Bertz CT molecular complexity index is 410. The van der Waals surface area contributed by atoms with Gasteiger partial charge >= 0.3 is 0 Å². The largest absolute Gasteiger partial charge is 0.337 e. The second-order valence-corrected chi connectivity index (χ2v) is 5.12. The van der Waals surface area contributed by atoms with Crippen molar-refractivity contribution in [3.63, 3.8) is 0 Å². The molecule has 19 heavy (non-hydrogen) atoms. The standard InChI is InChI=1S/C14H21ClN2O.ClH/c1-4-17(14(18)13(16)10(2)3)9-11-7-5-6-8-12(11)15;/h5-8,10,13H,4,9,16H2,1-3H3;1H. The molecule has 1 amide bonds. The lowest BCUT2D eigenvalue weighted by Crippen LogP contribution is -2.46. The van der Waals surface area contributed by atoms with Crippen LogP contribution in [0, 0.1) is 5.92 Å². The average molecular weight is 305 g/mol. The maximum atomic E-state index is 12.2. The van der Waals surface area contributed by atoms with Gasteiger partial charge in [0, 0.05) is 18.1 Å². The van der Waals surface area contributed by atoms with E-state index >= 15 is 0 Å². The molecule has 108 valence electrons. The van der Waals surface area contributed by atoms with Crippen LogP contribution in [0.4, 0.5) is 0 Å². The topological polar surface area (TPSA) is 46.3 Å². The van der Waals surface area contributed by atoms with E-state index in [1.54, 1.807) is 4.90 Å². The molecule has 0 bridgehead atoms. The van der Waals surface area contributed by atoms with Gasteiger partial charge in [0.15, 0.2) is 0 Å². The molecule has 0 saturated carbocycles. The van der Waals surface area contributed by atoms with E-state index in [-0.39, 0.29) is 24.2 Å². The molecule has 2 N–H and O–H groups in total.